The van der Waals surface area contributed by atoms with Gasteiger partial charge in [0.05, 0.1) is 0 Å². The summed E-state index contributed by atoms with van der Waals surface area (Å²) in [6, 6.07) is 3.48. The van der Waals surface area contributed by atoms with Crippen LogP contribution in [-0.4, -0.2) is 28.2 Å². The van der Waals surface area contributed by atoms with Crippen molar-refractivity contribution in [3.05, 3.63) is 51.4 Å². The van der Waals surface area contributed by atoms with E-state index in [1.54, 1.807) is 13.2 Å². The first-order chi connectivity index (χ1) is 11.3. The summed E-state index contributed by atoms with van der Waals surface area (Å²) in [5, 5.41) is 2.67. The van der Waals surface area contributed by atoms with Gasteiger partial charge in [-0.3, -0.25) is 14.3 Å². The lowest BCUT2D eigenvalue weighted by Gasteiger charge is -2.12. The number of carbonyl (C=O) groups is 1. The molecule has 130 valence electrons. The number of carbonyl (C=O) groups excluding carboxylic acids is 1. The highest BCUT2D eigenvalue weighted by molar-refractivity contribution is 7.97. The Morgan fingerprint density at radius 2 is 2.04 bits per heavy atom. The molecule has 1 aromatic heterocycles. The molecule has 9 heteroatoms. The standard InChI is InChI=1S/C15H15F3N2O3S/c1-3-20-14(22)12(7-19-20)13(21)11-5-4-10(23-15(16,17)18)6-9(11)8-24-2/h4-7,19H,3,8H2,1-2H3. The number of H-pyrrole nitrogens is 1. The third kappa shape index (κ3) is 4.02. The van der Waals surface area contributed by atoms with Crippen LogP contribution in [0, 0.1) is 0 Å². The quantitative estimate of drug-likeness (QED) is 0.804. The molecule has 0 radical (unpaired) electrons. The van der Waals surface area contributed by atoms with E-state index in [1.165, 1.54) is 34.8 Å². The van der Waals surface area contributed by atoms with Crippen LogP contribution < -0.4 is 10.3 Å². The average Bonchev–Trinajstić information content (AvgIpc) is 2.86. The van der Waals surface area contributed by atoms with Gasteiger partial charge in [-0.25, -0.2) is 0 Å². The summed E-state index contributed by atoms with van der Waals surface area (Å²) in [4.78, 5) is 24.7. The molecule has 0 aliphatic heterocycles. The summed E-state index contributed by atoms with van der Waals surface area (Å²) in [6.07, 6.45) is -1.75. The van der Waals surface area contributed by atoms with Gasteiger partial charge in [-0.2, -0.15) is 11.8 Å². The highest BCUT2D eigenvalue weighted by atomic mass is 32.2. The SMILES string of the molecule is CCn1[nH]cc(C(=O)c2ccc(OC(F)(F)F)cc2CSC)c1=O. The maximum Gasteiger partial charge on any atom is 0.573 e. The van der Waals surface area contributed by atoms with Crippen LogP contribution in [0.15, 0.2) is 29.2 Å². The van der Waals surface area contributed by atoms with E-state index in [0.29, 0.717) is 17.9 Å². The van der Waals surface area contributed by atoms with Crippen molar-refractivity contribution in [2.75, 3.05) is 6.26 Å². The Bertz CT molecular complexity index is 796. The molecule has 2 rings (SSSR count). The van der Waals surface area contributed by atoms with Crippen molar-refractivity contribution < 1.29 is 22.7 Å². The van der Waals surface area contributed by atoms with E-state index in [2.05, 4.69) is 9.84 Å². The van der Waals surface area contributed by atoms with Crippen molar-refractivity contribution in [3.63, 3.8) is 0 Å². The largest absolute Gasteiger partial charge is 0.573 e. The monoisotopic (exact) mass is 360 g/mol. The number of aromatic nitrogens is 2. The molecule has 0 saturated carbocycles. The molecule has 0 aliphatic rings. The molecule has 0 fully saturated rings. The molecular formula is C15H15F3N2O3S. The fourth-order valence-electron chi connectivity index (χ4n) is 2.21. The molecule has 1 N–H and O–H groups in total. The first-order valence-electron chi connectivity index (χ1n) is 6.97. The van der Waals surface area contributed by atoms with Gasteiger partial charge >= 0.3 is 6.36 Å². The second kappa shape index (κ2) is 7.16. The number of nitrogens with one attached hydrogen (secondary N) is 1. The first kappa shape index (κ1) is 18.2. The number of halogens is 3. The number of hydrogen-bond donors (Lipinski definition) is 1. The zero-order valence-corrected chi connectivity index (χ0v) is 13.8. The Hall–Kier alpha value is -2.16. The number of alkyl halides is 3. The number of ketones is 1. The number of benzene rings is 1. The van der Waals surface area contributed by atoms with Gasteiger partial charge in [0.2, 0.25) is 0 Å². The number of nitrogens with zero attached hydrogens (tertiary/aromatic N) is 1. The molecular weight excluding hydrogens is 345 g/mol. The van der Waals surface area contributed by atoms with Crippen LogP contribution in [0.4, 0.5) is 13.2 Å². The van der Waals surface area contributed by atoms with E-state index in [0.717, 1.165) is 6.07 Å². The average molecular weight is 360 g/mol. The molecule has 0 atom stereocenters. The van der Waals surface area contributed by atoms with Crippen LogP contribution in [-0.2, 0) is 12.3 Å². The number of thioether (sulfide) groups is 1. The van der Waals surface area contributed by atoms with Gasteiger partial charge in [-0.05, 0) is 36.9 Å². The maximum atomic E-state index is 12.6. The van der Waals surface area contributed by atoms with Gasteiger partial charge in [0.1, 0.15) is 11.3 Å². The van der Waals surface area contributed by atoms with Crippen LogP contribution in [0.25, 0.3) is 0 Å². The summed E-state index contributed by atoms with van der Waals surface area (Å²) in [5.41, 5.74) is 0.0352. The van der Waals surface area contributed by atoms with Gasteiger partial charge in [0.25, 0.3) is 5.56 Å². The number of rotatable bonds is 6. The minimum Gasteiger partial charge on any atom is -0.406 e. The van der Waals surface area contributed by atoms with Crippen molar-refractivity contribution in [2.24, 2.45) is 0 Å². The molecule has 1 heterocycles. The molecule has 5 nitrogen and oxygen atoms in total. The van der Waals surface area contributed by atoms with Gasteiger partial charge in [0.15, 0.2) is 5.78 Å². The van der Waals surface area contributed by atoms with Crippen molar-refractivity contribution in [1.82, 2.24) is 9.78 Å². The van der Waals surface area contributed by atoms with Gasteiger partial charge in [-0.1, -0.05) is 0 Å². The minimum atomic E-state index is -4.81. The molecule has 0 unspecified atom stereocenters. The molecule has 1 aromatic carbocycles. The third-order valence-electron chi connectivity index (χ3n) is 3.26. The number of hydrogen-bond acceptors (Lipinski definition) is 4. The van der Waals surface area contributed by atoms with Crippen molar-refractivity contribution in [3.8, 4) is 5.75 Å². The molecule has 2 aromatic rings. The summed E-state index contributed by atoms with van der Waals surface area (Å²) >= 11 is 1.34. The molecule has 0 amide bonds. The molecule has 0 spiro atoms. The van der Waals surface area contributed by atoms with Crippen LogP contribution in [0.5, 0.6) is 5.75 Å². The lowest BCUT2D eigenvalue weighted by Crippen LogP contribution is -2.22. The first-order valence-corrected chi connectivity index (χ1v) is 8.36. The van der Waals surface area contributed by atoms with E-state index in [9.17, 15) is 22.8 Å². The molecule has 0 bridgehead atoms. The van der Waals surface area contributed by atoms with Crippen LogP contribution in [0.3, 0.4) is 0 Å². The second-order valence-electron chi connectivity index (χ2n) is 4.87. The normalized spacial score (nSPS) is 11.5. The predicted molar refractivity (Wildman–Crippen MR) is 84.5 cm³/mol. The highest BCUT2D eigenvalue weighted by Gasteiger charge is 2.31. The Morgan fingerprint density at radius 3 is 2.58 bits per heavy atom. The number of aromatic amines is 1. The summed E-state index contributed by atoms with van der Waals surface area (Å²) in [7, 11) is 0. The Labute approximate surface area is 139 Å². The maximum absolute atomic E-state index is 12.6. The zero-order chi connectivity index (χ0) is 17.9. The van der Waals surface area contributed by atoms with Gasteiger partial charge in [0, 0.05) is 24.1 Å². The third-order valence-corrected chi connectivity index (χ3v) is 3.86. The topological polar surface area (TPSA) is 64.1 Å². The lowest BCUT2D eigenvalue weighted by molar-refractivity contribution is -0.274. The van der Waals surface area contributed by atoms with Crippen LogP contribution in [0.2, 0.25) is 0 Å². The summed E-state index contributed by atoms with van der Waals surface area (Å²) in [6.45, 7) is 2.12. The van der Waals surface area contributed by atoms with E-state index in [1.807, 2.05) is 0 Å². The van der Waals surface area contributed by atoms with E-state index in [-0.39, 0.29) is 11.1 Å². The van der Waals surface area contributed by atoms with Gasteiger partial charge in [-0.15, -0.1) is 13.2 Å². The van der Waals surface area contributed by atoms with Crippen molar-refractivity contribution >= 4 is 17.5 Å². The van der Waals surface area contributed by atoms with E-state index < -0.39 is 23.5 Å². The minimum absolute atomic E-state index is 0.0521. The van der Waals surface area contributed by atoms with Crippen molar-refractivity contribution in [2.45, 2.75) is 25.6 Å². The molecule has 0 saturated heterocycles. The second-order valence-corrected chi connectivity index (χ2v) is 5.73. The van der Waals surface area contributed by atoms with E-state index in [4.69, 9.17) is 0 Å². The number of ether oxygens (including phenoxy) is 1. The fourth-order valence-corrected chi connectivity index (χ4v) is 2.76. The fraction of sp³-hybridized carbons (Fsp3) is 0.333. The Kier molecular flexibility index (Phi) is 5.43. The number of aryl methyl sites for hydroxylation is 1. The molecule has 24 heavy (non-hydrogen) atoms. The van der Waals surface area contributed by atoms with E-state index >= 15 is 0 Å². The Morgan fingerprint density at radius 1 is 1.33 bits per heavy atom. The highest BCUT2D eigenvalue weighted by Crippen LogP contribution is 2.27. The van der Waals surface area contributed by atoms with Crippen LogP contribution in [0.1, 0.15) is 28.4 Å². The zero-order valence-electron chi connectivity index (χ0n) is 12.9. The van der Waals surface area contributed by atoms with Gasteiger partial charge < -0.3 is 9.84 Å². The molecule has 0 aliphatic carbocycles. The summed E-state index contributed by atoms with van der Waals surface area (Å²) < 4.78 is 42.2. The lowest BCUT2D eigenvalue weighted by atomic mass is 10.0. The Balaban J connectivity index is 2.43. The summed E-state index contributed by atoms with van der Waals surface area (Å²) in [5.74, 6) is -0.628. The predicted octanol–water partition coefficient (Wildman–Crippen LogP) is 3.19. The van der Waals surface area contributed by atoms with Crippen LogP contribution >= 0.6 is 11.8 Å². The smallest absolute Gasteiger partial charge is 0.406 e. The van der Waals surface area contributed by atoms with Crippen molar-refractivity contribution in [1.29, 1.82) is 0 Å².